The van der Waals surface area contributed by atoms with Crippen LogP contribution in [-0.4, -0.2) is 61.2 Å². The van der Waals surface area contributed by atoms with Crippen LogP contribution in [-0.2, 0) is 6.42 Å². The molecule has 0 amide bonds. The van der Waals surface area contributed by atoms with Crippen LogP contribution in [0.25, 0.3) is 0 Å². The molecule has 4 heteroatoms. The molecule has 1 aromatic carbocycles. The Morgan fingerprint density at radius 2 is 2.00 bits per heavy atom. The lowest BCUT2D eigenvalue weighted by atomic mass is 10.1. The van der Waals surface area contributed by atoms with Gasteiger partial charge in [-0.2, -0.15) is 0 Å². The largest absolute Gasteiger partial charge is 0.488 e. The SMILES string of the molecule is CC(CN)N1CCN(CC2Cc3ccccc3O2)CC1. The van der Waals surface area contributed by atoms with E-state index < -0.39 is 0 Å². The van der Waals surface area contributed by atoms with E-state index in [0.717, 1.165) is 51.4 Å². The maximum absolute atomic E-state index is 6.03. The van der Waals surface area contributed by atoms with Crippen LogP contribution in [0.15, 0.2) is 24.3 Å². The second kappa shape index (κ2) is 6.12. The van der Waals surface area contributed by atoms with Crippen molar-refractivity contribution in [1.29, 1.82) is 0 Å². The first kappa shape index (κ1) is 13.9. The quantitative estimate of drug-likeness (QED) is 0.888. The van der Waals surface area contributed by atoms with Gasteiger partial charge in [-0.3, -0.25) is 9.80 Å². The van der Waals surface area contributed by atoms with Crippen molar-refractivity contribution >= 4 is 0 Å². The first-order chi connectivity index (χ1) is 9.76. The van der Waals surface area contributed by atoms with Crippen LogP contribution in [0.4, 0.5) is 0 Å². The Labute approximate surface area is 121 Å². The number of para-hydroxylation sites is 1. The molecule has 2 heterocycles. The third-order valence-corrected chi connectivity index (χ3v) is 4.55. The van der Waals surface area contributed by atoms with Crippen molar-refractivity contribution < 1.29 is 4.74 Å². The summed E-state index contributed by atoms with van der Waals surface area (Å²) in [6.07, 6.45) is 1.38. The number of nitrogens with zero attached hydrogens (tertiary/aromatic N) is 2. The van der Waals surface area contributed by atoms with Gasteiger partial charge < -0.3 is 10.5 Å². The molecule has 0 saturated carbocycles. The van der Waals surface area contributed by atoms with Crippen LogP contribution >= 0.6 is 0 Å². The number of fused-ring (bicyclic) bond motifs is 1. The van der Waals surface area contributed by atoms with Crippen molar-refractivity contribution in [3.8, 4) is 5.75 Å². The fourth-order valence-electron chi connectivity index (χ4n) is 3.18. The summed E-state index contributed by atoms with van der Waals surface area (Å²) >= 11 is 0. The molecule has 0 aliphatic carbocycles. The maximum Gasteiger partial charge on any atom is 0.123 e. The average Bonchev–Trinajstić information content (AvgIpc) is 2.89. The topological polar surface area (TPSA) is 41.7 Å². The molecule has 0 spiro atoms. The number of hydrogen-bond donors (Lipinski definition) is 1. The van der Waals surface area contributed by atoms with Gasteiger partial charge in [-0.15, -0.1) is 0 Å². The van der Waals surface area contributed by atoms with Gasteiger partial charge in [-0.1, -0.05) is 18.2 Å². The number of benzene rings is 1. The van der Waals surface area contributed by atoms with Crippen LogP contribution in [0, 0.1) is 0 Å². The van der Waals surface area contributed by atoms with Crippen LogP contribution in [0.2, 0.25) is 0 Å². The van der Waals surface area contributed by atoms with Gasteiger partial charge in [-0.25, -0.2) is 0 Å². The smallest absolute Gasteiger partial charge is 0.123 e. The van der Waals surface area contributed by atoms with Gasteiger partial charge >= 0.3 is 0 Å². The Balaban J connectivity index is 1.47. The van der Waals surface area contributed by atoms with Crippen molar-refractivity contribution in [2.75, 3.05) is 39.3 Å². The Hall–Kier alpha value is -1.10. The number of piperazine rings is 1. The van der Waals surface area contributed by atoms with Crippen LogP contribution in [0.3, 0.4) is 0 Å². The standard InChI is InChI=1S/C16H25N3O/c1-13(11-17)19-8-6-18(7-9-19)12-15-10-14-4-2-3-5-16(14)20-15/h2-5,13,15H,6-12,17H2,1H3. The van der Waals surface area contributed by atoms with Crippen LogP contribution < -0.4 is 10.5 Å². The van der Waals surface area contributed by atoms with E-state index in [9.17, 15) is 0 Å². The van der Waals surface area contributed by atoms with Crippen molar-refractivity contribution in [2.45, 2.75) is 25.5 Å². The molecule has 110 valence electrons. The highest BCUT2D eigenvalue weighted by atomic mass is 16.5. The molecular weight excluding hydrogens is 250 g/mol. The second-order valence-electron chi connectivity index (χ2n) is 5.97. The molecule has 2 aliphatic rings. The van der Waals surface area contributed by atoms with Gasteiger partial charge in [0.1, 0.15) is 11.9 Å². The lowest BCUT2D eigenvalue weighted by Crippen LogP contribution is -2.52. The van der Waals surface area contributed by atoms with E-state index >= 15 is 0 Å². The molecule has 0 radical (unpaired) electrons. The van der Waals surface area contributed by atoms with Gasteiger partial charge in [0, 0.05) is 51.7 Å². The fraction of sp³-hybridized carbons (Fsp3) is 0.625. The monoisotopic (exact) mass is 275 g/mol. The van der Waals surface area contributed by atoms with E-state index in [0.29, 0.717) is 12.1 Å². The van der Waals surface area contributed by atoms with Crippen molar-refractivity contribution in [3.63, 3.8) is 0 Å². The zero-order valence-corrected chi connectivity index (χ0v) is 12.3. The lowest BCUT2D eigenvalue weighted by molar-refractivity contribution is 0.0759. The highest BCUT2D eigenvalue weighted by Crippen LogP contribution is 2.28. The van der Waals surface area contributed by atoms with Gasteiger partial charge in [0.15, 0.2) is 0 Å². The van der Waals surface area contributed by atoms with Crippen molar-refractivity contribution in [1.82, 2.24) is 9.80 Å². The molecule has 2 aliphatic heterocycles. The molecule has 0 bridgehead atoms. The minimum absolute atomic E-state index is 0.325. The predicted octanol–water partition coefficient (Wildman–Crippen LogP) is 0.955. The van der Waals surface area contributed by atoms with E-state index in [-0.39, 0.29) is 0 Å². The number of hydrogen-bond acceptors (Lipinski definition) is 4. The summed E-state index contributed by atoms with van der Waals surface area (Å²) in [6.45, 7) is 8.50. The molecule has 1 aromatic rings. The summed E-state index contributed by atoms with van der Waals surface area (Å²) in [6, 6.07) is 8.90. The summed E-state index contributed by atoms with van der Waals surface area (Å²) in [7, 11) is 0. The summed E-state index contributed by atoms with van der Waals surface area (Å²) in [5, 5.41) is 0. The Morgan fingerprint density at radius 3 is 2.70 bits per heavy atom. The molecule has 20 heavy (non-hydrogen) atoms. The third-order valence-electron chi connectivity index (χ3n) is 4.55. The maximum atomic E-state index is 6.03. The molecule has 3 rings (SSSR count). The zero-order valence-electron chi connectivity index (χ0n) is 12.3. The normalized spacial score (nSPS) is 25.2. The molecule has 2 N–H and O–H groups in total. The van der Waals surface area contributed by atoms with E-state index in [1.54, 1.807) is 0 Å². The molecule has 1 saturated heterocycles. The Morgan fingerprint density at radius 1 is 1.25 bits per heavy atom. The van der Waals surface area contributed by atoms with Gasteiger partial charge in [-0.05, 0) is 18.6 Å². The molecule has 2 atom stereocenters. The van der Waals surface area contributed by atoms with E-state index in [2.05, 4.69) is 34.9 Å². The Kier molecular flexibility index (Phi) is 4.24. The van der Waals surface area contributed by atoms with Crippen molar-refractivity contribution in [2.24, 2.45) is 5.73 Å². The second-order valence-corrected chi connectivity index (χ2v) is 5.97. The van der Waals surface area contributed by atoms with Crippen molar-refractivity contribution in [3.05, 3.63) is 29.8 Å². The van der Waals surface area contributed by atoms with Gasteiger partial charge in [0.05, 0.1) is 0 Å². The summed E-state index contributed by atoms with van der Waals surface area (Å²) in [5.74, 6) is 1.08. The first-order valence-electron chi connectivity index (χ1n) is 7.67. The summed E-state index contributed by atoms with van der Waals surface area (Å²) in [4.78, 5) is 5.01. The fourth-order valence-corrected chi connectivity index (χ4v) is 3.18. The molecule has 2 unspecified atom stereocenters. The Bertz CT molecular complexity index is 418. The summed E-state index contributed by atoms with van der Waals surface area (Å²) in [5.41, 5.74) is 7.10. The molecule has 0 aromatic heterocycles. The molecule has 1 fully saturated rings. The lowest BCUT2D eigenvalue weighted by Gasteiger charge is -2.38. The number of ether oxygens (including phenoxy) is 1. The summed E-state index contributed by atoms with van der Waals surface area (Å²) < 4.78 is 6.03. The van der Waals surface area contributed by atoms with Crippen LogP contribution in [0.1, 0.15) is 12.5 Å². The minimum Gasteiger partial charge on any atom is -0.488 e. The highest BCUT2D eigenvalue weighted by Gasteiger charge is 2.27. The third kappa shape index (κ3) is 2.97. The zero-order chi connectivity index (χ0) is 13.9. The van der Waals surface area contributed by atoms with Crippen LogP contribution in [0.5, 0.6) is 5.75 Å². The molecule has 4 nitrogen and oxygen atoms in total. The average molecular weight is 275 g/mol. The van der Waals surface area contributed by atoms with E-state index in [1.165, 1.54) is 5.56 Å². The molecular formula is C16H25N3O. The van der Waals surface area contributed by atoms with Gasteiger partial charge in [0.2, 0.25) is 0 Å². The minimum atomic E-state index is 0.325. The van der Waals surface area contributed by atoms with Gasteiger partial charge in [0.25, 0.3) is 0 Å². The first-order valence-corrected chi connectivity index (χ1v) is 7.67. The highest BCUT2D eigenvalue weighted by molar-refractivity contribution is 5.37. The number of rotatable bonds is 4. The predicted molar refractivity (Wildman–Crippen MR) is 81.1 cm³/mol. The van der Waals surface area contributed by atoms with E-state index in [1.807, 2.05) is 6.07 Å². The van der Waals surface area contributed by atoms with E-state index in [4.69, 9.17) is 10.5 Å². The number of nitrogens with two attached hydrogens (primary N) is 1.